The third-order valence-electron chi connectivity index (χ3n) is 6.20. The molecule has 4 rings (SSSR count). The Balaban J connectivity index is 1.51. The number of sulfonamides is 1. The van der Waals surface area contributed by atoms with E-state index in [4.69, 9.17) is 4.98 Å². The van der Waals surface area contributed by atoms with Crippen LogP contribution in [0.25, 0.3) is 11.0 Å². The van der Waals surface area contributed by atoms with Crippen molar-refractivity contribution < 1.29 is 13.2 Å². The Hall–Kier alpha value is -2.71. The lowest BCUT2D eigenvalue weighted by Crippen LogP contribution is -2.27. The highest BCUT2D eigenvalue weighted by atomic mass is 32.2. The van der Waals surface area contributed by atoms with Gasteiger partial charge in [-0.25, -0.2) is 13.4 Å². The summed E-state index contributed by atoms with van der Waals surface area (Å²) >= 11 is 0. The fourth-order valence-corrected chi connectivity index (χ4v) is 5.96. The molecule has 3 aromatic rings. The first-order chi connectivity index (χ1) is 15.9. The standard InChI is InChI=1S/C25H32N4O3S/c1-3-15-29-23-12-11-21(33(31,32)28-16-7-8-17-28)18-22(23)27-24(29)13-14-25(30)26-19(2)20-9-5-4-6-10-20/h4-6,9-12,18-19H,3,7-8,13-17H2,1-2H3,(H,26,30)/t19-/m1/s1. The van der Waals surface area contributed by atoms with E-state index in [1.54, 1.807) is 16.4 Å². The van der Waals surface area contributed by atoms with Crippen LogP contribution in [0.1, 0.15) is 57.0 Å². The maximum atomic E-state index is 13.0. The van der Waals surface area contributed by atoms with Gasteiger partial charge in [0.1, 0.15) is 5.82 Å². The van der Waals surface area contributed by atoms with Gasteiger partial charge in [0.15, 0.2) is 0 Å². The molecule has 1 N–H and O–H groups in total. The van der Waals surface area contributed by atoms with Gasteiger partial charge in [0.25, 0.3) is 0 Å². The summed E-state index contributed by atoms with van der Waals surface area (Å²) in [5.41, 5.74) is 2.64. The number of nitrogens with zero attached hydrogens (tertiary/aromatic N) is 3. The number of hydrogen-bond donors (Lipinski definition) is 1. The van der Waals surface area contributed by atoms with Crippen LogP contribution in [-0.2, 0) is 27.8 Å². The van der Waals surface area contributed by atoms with Crippen LogP contribution in [0, 0.1) is 0 Å². The van der Waals surface area contributed by atoms with E-state index in [2.05, 4.69) is 16.8 Å². The zero-order valence-electron chi connectivity index (χ0n) is 19.3. The van der Waals surface area contributed by atoms with Crippen molar-refractivity contribution in [2.45, 2.75) is 63.4 Å². The molecule has 176 valence electrons. The van der Waals surface area contributed by atoms with Gasteiger partial charge in [0, 0.05) is 32.5 Å². The molecule has 8 heteroatoms. The summed E-state index contributed by atoms with van der Waals surface area (Å²) < 4.78 is 29.6. The van der Waals surface area contributed by atoms with Gasteiger partial charge in [-0.2, -0.15) is 4.31 Å². The van der Waals surface area contributed by atoms with Gasteiger partial charge in [-0.1, -0.05) is 37.3 Å². The zero-order chi connectivity index (χ0) is 23.4. The van der Waals surface area contributed by atoms with Crippen molar-refractivity contribution in [3.05, 3.63) is 59.9 Å². The van der Waals surface area contributed by atoms with Crippen LogP contribution < -0.4 is 5.32 Å². The third-order valence-corrected chi connectivity index (χ3v) is 8.10. The van der Waals surface area contributed by atoms with Gasteiger partial charge in [0.2, 0.25) is 15.9 Å². The Morgan fingerprint density at radius 1 is 1.12 bits per heavy atom. The lowest BCUT2D eigenvalue weighted by atomic mass is 10.1. The van der Waals surface area contributed by atoms with Crippen LogP contribution in [0.5, 0.6) is 0 Å². The predicted octanol–water partition coefficient (Wildman–Crippen LogP) is 4.04. The van der Waals surface area contributed by atoms with Gasteiger partial charge in [-0.3, -0.25) is 4.79 Å². The summed E-state index contributed by atoms with van der Waals surface area (Å²) in [7, 11) is -3.49. The van der Waals surface area contributed by atoms with Crippen molar-refractivity contribution in [2.75, 3.05) is 13.1 Å². The summed E-state index contributed by atoms with van der Waals surface area (Å²) in [6.07, 6.45) is 3.55. The van der Waals surface area contributed by atoms with Gasteiger partial charge in [-0.15, -0.1) is 0 Å². The number of benzene rings is 2. The molecule has 1 atom stereocenters. The number of fused-ring (bicyclic) bond motifs is 1. The highest BCUT2D eigenvalue weighted by molar-refractivity contribution is 7.89. The molecule has 1 saturated heterocycles. The smallest absolute Gasteiger partial charge is 0.243 e. The third kappa shape index (κ3) is 5.12. The average molecular weight is 469 g/mol. The molecule has 1 aliphatic rings. The number of imidazole rings is 1. The molecule has 1 aromatic heterocycles. The van der Waals surface area contributed by atoms with Gasteiger partial charge < -0.3 is 9.88 Å². The van der Waals surface area contributed by atoms with Gasteiger partial charge in [0.05, 0.1) is 22.0 Å². The minimum Gasteiger partial charge on any atom is -0.350 e. The number of aryl methyl sites for hydroxylation is 2. The fourth-order valence-electron chi connectivity index (χ4n) is 4.43. The molecule has 33 heavy (non-hydrogen) atoms. The van der Waals surface area contributed by atoms with E-state index < -0.39 is 10.0 Å². The molecular formula is C25H32N4O3S. The zero-order valence-corrected chi connectivity index (χ0v) is 20.1. The molecule has 0 unspecified atom stereocenters. The Kier molecular flexibility index (Phi) is 7.14. The summed E-state index contributed by atoms with van der Waals surface area (Å²) in [4.78, 5) is 17.6. The van der Waals surface area contributed by atoms with Gasteiger partial charge >= 0.3 is 0 Å². The first kappa shape index (κ1) is 23.4. The molecule has 0 bridgehead atoms. The number of rotatable bonds is 9. The van der Waals surface area contributed by atoms with Crippen molar-refractivity contribution in [1.82, 2.24) is 19.2 Å². The van der Waals surface area contributed by atoms with Crippen LogP contribution in [-0.4, -0.2) is 41.3 Å². The minimum atomic E-state index is -3.49. The summed E-state index contributed by atoms with van der Waals surface area (Å²) in [6, 6.07) is 15.0. The molecule has 0 saturated carbocycles. The predicted molar refractivity (Wildman–Crippen MR) is 129 cm³/mol. The minimum absolute atomic E-state index is 0.0289. The van der Waals surface area contributed by atoms with E-state index in [9.17, 15) is 13.2 Å². The lowest BCUT2D eigenvalue weighted by molar-refractivity contribution is -0.121. The highest BCUT2D eigenvalue weighted by Crippen LogP contribution is 2.26. The molecule has 0 spiro atoms. The summed E-state index contributed by atoms with van der Waals surface area (Å²) in [6.45, 7) is 5.99. The normalized spacial score (nSPS) is 15.7. The monoisotopic (exact) mass is 468 g/mol. The van der Waals surface area contributed by atoms with Crippen molar-refractivity contribution in [3.8, 4) is 0 Å². The lowest BCUT2D eigenvalue weighted by Gasteiger charge is -2.15. The molecule has 7 nitrogen and oxygen atoms in total. The second-order valence-electron chi connectivity index (χ2n) is 8.64. The van der Waals surface area contributed by atoms with E-state index >= 15 is 0 Å². The molecule has 0 aliphatic carbocycles. The van der Waals surface area contributed by atoms with Crippen LogP contribution in [0.4, 0.5) is 0 Å². The number of nitrogens with one attached hydrogen (secondary N) is 1. The van der Waals surface area contributed by atoms with Crippen molar-refractivity contribution >= 4 is 27.0 Å². The molecule has 1 fully saturated rings. The van der Waals surface area contributed by atoms with E-state index in [-0.39, 0.29) is 11.9 Å². The largest absolute Gasteiger partial charge is 0.350 e. The molecule has 0 radical (unpaired) electrons. The average Bonchev–Trinajstić information content (AvgIpc) is 3.47. The molecular weight excluding hydrogens is 436 g/mol. The summed E-state index contributed by atoms with van der Waals surface area (Å²) in [5.74, 6) is 0.781. The van der Waals surface area contributed by atoms with E-state index in [1.807, 2.05) is 43.3 Å². The Morgan fingerprint density at radius 3 is 2.55 bits per heavy atom. The molecule has 2 heterocycles. The Morgan fingerprint density at radius 2 is 1.85 bits per heavy atom. The first-order valence-electron chi connectivity index (χ1n) is 11.7. The first-order valence-corrected chi connectivity index (χ1v) is 13.2. The number of aromatic nitrogens is 2. The van der Waals surface area contributed by atoms with Crippen LogP contribution >= 0.6 is 0 Å². The number of carbonyl (C=O) groups is 1. The second kappa shape index (κ2) is 10.1. The topological polar surface area (TPSA) is 84.3 Å². The van der Waals surface area contributed by atoms with Crippen LogP contribution in [0.3, 0.4) is 0 Å². The Bertz CT molecular complexity index is 1220. The number of carbonyl (C=O) groups excluding carboxylic acids is 1. The van der Waals surface area contributed by atoms with Gasteiger partial charge in [-0.05, 0) is 49.9 Å². The molecule has 2 aromatic carbocycles. The van der Waals surface area contributed by atoms with Crippen molar-refractivity contribution in [3.63, 3.8) is 0 Å². The van der Waals surface area contributed by atoms with E-state index in [1.165, 1.54) is 0 Å². The molecule has 1 amide bonds. The second-order valence-corrected chi connectivity index (χ2v) is 10.6. The molecule has 1 aliphatic heterocycles. The highest BCUT2D eigenvalue weighted by Gasteiger charge is 2.28. The van der Waals surface area contributed by atoms with Crippen LogP contribution in [0.15, 0.2) is 53.4 Å². The summed E-state index contributed by atoms with van der Waals surface area (Å²) in [5, 5.41) is 3.05. The van der Waals surface area contributed by atoms with E-state index in [0.29, 0.717) is 36.3 Å². The van der Waals surface area contributed by atoms with Crippen LogP contribution in [0.2, 0.25) is 0 Å². The Labute approximate surface area is 195 Å². The maximum Gasteiger partial charge on any atom is 0.243 e. The quantitative estimate of drug-likeness (QED) is 0.514. The number of amides is 1. The van der Waals surface area contributed by atoms with Crippen molar-refractivity contribution in [1.29, 1.82) is 0 Å². The fraction of sp³-hybridized carbons (Fsp3) is 0.440. The van der Waals surface area contributed by atoms with E-state index in [0.717, 1.165) is 42.7 Å². The van der Waals surface area contributed by atoms with Crippen molar-refractivity contribution in [2.24, 2.45) is 0 Å². The SMILES string of the molecule is CCCn1c(CCC(=O)N[C@H](C)c2ccccc2)nc2cc(S(=O)(=O)N3CCCC3)ccc21. The number of hydrogen-bond acceptors (Lipinski definition) is 4. The maximum absolute atomic E-state index is 13.0.